The van der Waals surface area contributed by atoms with Crippen LogP contribution in [-0.4, -0.2) is 35.4 Å². The van der Waals surface area contributed by atoms with Crippen molar-refractivity contribution in [2.24, 2.45) is 0 Å². The van der Waals surface area contributed by atoms with Gasteiger partial charge in [0, 0.05) is 32.2 Å². The summed E-state index contributed by atoms with van der Waals surface area (Å²) in [6.45, 7) is 6.16. The van der Waals surface area contributed by atoms with E-state index >= 15 is 0 Å². The molecule has 1 aliphatic heterocycles. The van der Waals surface area contributed by atoms with Crippen LogP contribution in [0.25, 0.3) is 22.0 Å². The van der Waals surface area contributed by atoms with E-state index in [2.05, 4.69) is 10.5 Å². The monoisotopic (exact) mass is 380 g/mol. The van der Waals surface area contributed by atoms with Crippen LogP contribution in [0, 0.1) is 5.82 Å². The van der Waals surface area contributed by atoms with Gasteiger partial charge in [-0.15, -0.1) is 0 Å². The summed E-state index contributed by atoms with van der Waals surface area (Å²) in [7, 11) is 0. The smallest absolute Gasteiger partial charge is 0.293 e. The lowest BCUT2D eigenvalue weighted by molar-refractivity contribution is 0.430. The zero-order valence-electron chi connectivity index (χ0n) is 14.4. The minimum absolute atomic E-state index is 0.0701. The largest absolute Gasteiger partial charge is 0.365 e. The van der Waals surface area contributed by atoms with E-state index in [1.54, 1.807) is 4.57 Å². The highest BCUT2D eigenvalue weighted by Crippen LogP contribution is 2.36. The maximum atomic E-state index is 14.9. The van der Waals surface area contributed by atoms with E-state index in [1.165, 1.54) is 6.07 Å². The number of hydrogen-bond acceptors (Lipinski definition) is 5. The number of aromatic amines is 1. The Morgan fingerprint density at radius 2 is 2.19 bits per heavy atom. The summed E-state index contributed by atoms with van der Waals surface area (Å²) in [6.07, 6.45) is 0. The standard InChI is InChI=1S/C17H18ClFN4O3/c1-3-23-13-9(15(24)11-16(25)21-26-17(11)23)6-10(19)14(12(13)18)22-5-4-20-8(2)7-22/h6,8,20H,3-5,7H2,1-2H3,(H,21,25). The third-order valence-corrected chi connectivity index (χ3v) is 5.20. The zero-order valence-corrected chi connectivity index (χ0v) is 15.1. The van der Waals surface area contributed by atoms with Gasteiger partial charge in [-0.25, -0.2) is 4.39 Å². The zero-order chi connectivity index (χ0) is 18.6. The predicted octanol–water partition coefficient (Wildman–Crippen LogP) is 2.05. The second-order valence-corrected chi connectivity index (χ2v) is 6.88. The fourth-order valence-electron chi connectivity index (χ4n) is 3.68. The molecule has 0 amide bonds. The van der Waals surface area contributed by atoms with Gasteiger partial charge in [0.15, 0.2) is 5.39 Å². The van der Waals surface area contributed by atoms with Crippen molar-refractivity contribution in [3.63, 3.8) is 0 Å². The third-order valence-electron chi connectivity index (χ3n) is 4.84. The number of piperazine rings is 1. The highest BCUT2D eigenvalue weighted by atomic mass is 35.5. The van der Waals surface area contributed by atoms with Crippen LogP contribution in [0.4, 0.5) is 10.1 Å². The van der Waals surface area contributed by atoms with Gasteiger partial charge >= 0.3 is 0 Å². The van der Waals surface area contributed by atoms with Crippen LogP contribution >= 0.6 is 11.6 Å². The average Bonchev–Trinajstić information content (AvgIpc) is 2.98. The number of nitrogens with one attached hydrogen (secondary N) is 2. The van der Waals surface area contributed by atoms with Gasteiger partial charge in [-0.05, 0) is 19.9 Å². The summed E-state index contributed by atoms with van der Waals surface area (Å²) in [5, 5.41) is 5.57. The molecular formula is C17H18ClFN4O3. The molecule has 0 aliphatic carbocycles. The van der Waals surface area contributed by atoms with Gasteiger partial charge in [0.05, 0.1) is 21.6 Å². The Morgan fingerprint density at radius 3 is 2.88 bits per heavy atom. The lowest BCUT2D eigenvalue weighted by atomic mass is 10.1. The number of rotatable bonds is 2. The molecule has 0 radical (unpaired) electrons. The molecule has 1 aliphatic rings. The van der Waals surface area contributed by atoms with Crippen molar-refractivity contribution in [3.05, 3.63) is 37.5 Å². The Balaban J connectivity index is 2.10. The second-order valence-electron chi connectivity index (χ2n) is 6.51. The number of anilines is 1. The fraction of sp³-hybridized carbons (Fsp3) is 0.412. The van der Waals surface area contributed by atoms with Crippen molar-refractivity contribution in [2.45, 2.75) is 26.4 Å². The number of nitrogens with zero attached hydrogens (tertiary/aromatic N) is 2. The lowest BCUT2D eigenvalue weighted by Gasteiger charge is -2.34. The molecule has 3 aromatic rings. The first-order valence-corrected chi connectivity index (χ1v) is 8.85. The Hall–Kier alpha value is -2.32. The molecule has 0 spiro atoms. The molecule has 1 fully saturated rings. The van der Waals surface area contributed by atoms with Crippen LogP contribution < -0.4 is 21.2 Å². The number of H-pyrrole nitrogens is 1. The minimum atomic E-state index is -0.634. The Kier molecular flexibility index (Phi) is 4.04. The van der Waals surface area contributed by atoms with Crippen molar-refractivity contribution in [1.29, 1.82) is 0 Å². The van der Waals surface area contributed by atoms with E-state index in [0.29, 0.717) is 31.7 Å². The maximum Gasteiger partial charge on any atom is 0.293 e. The van der Waals surface area contributed by atoms with Crippen molar-refractivity contribution >= 4 is 39.3 Å². The number of aromatic nitrogens is 2. The lowest BCUT2D eigenvalue weighted by Crippen LogP contribution is -2.49. The van der Waals surface area contributed by atoms with Crippen molar-refractivity contribution < 1.29 is 8.91 Å². The van der Waals surface area contributed by atoms with Gasteiger partial charge in [0.1, 0.15) is 5.82 Å². The molecular weight excluding hydrogens is 363 g/mol. The Labute approximate surface area is 152 Å². The first kappa shape index (κ1) is 17.1. The average molecular weight is 381 g/mol. The van der Waals surface area contributed by atoms with Gasteiger partial charge in [0.2, 0.25) is 11.1 Å². The number of pyridine rings is 1. The van der Waals surface area contributed by atoms with E-state index in [9.17, 15) is 14.0 Å². The Morgan fingerprint density at radius 1 is 1.42 bits per heavy atom. The topological polar surface area (TPSA) is 83.3 Å². The van der Waals surface area contributed by atoms with Crippen molar-refractivity contribution in [3.8, 4) is 0 Å². The SMILES string of the molecule is CCn1c2o[nH]c(=O)c2c(=O)c2cc(F)c(N3CCNC(C)C3)c(Cl)c21. The Bertz CT molecular complexity index is 1130. The predicted molar refractivity (Wildman–Crippen MR) is 98.9 cm³/mol. The highest BCUT2D eigenvalue weighted by molar-refractivity contribution is 6.38. The summed E-state index contributed by atoms with van der Waals surface area (Å²) in [4.78, 5) is 26.5. The molecule has 1 unspecified atom stereocenters. The summed E-state index contributed by atoms with van der Waals surface area (Å²) in [5.74, 6) is -0.573. The van der Waals surface area contributed by atoms with Crippen LogP contribution in [0.15, 0.2) is 20.2 Å². The van der Waals surface area contributed by atoms with E-state index in [0.717, 1.165) is 0 Å². The summed E-state index contributed by atoms with van der Waals surface area (Å²) >= 11 is 6.60. The molecule has 4 rings (SSSR count). The van der Waals surface area contributed by atoms with E-state index in [-0.39, 0.29) is 33.2 Å². The van der Waals surface area contributed by atoms with E-state index in [4.69, 9.17) is 16.1 Å². The molecule has 9 heteroatoms. The van der Waals surface area contributed by atoms with Gasteiger partial charge in [0.25, 0.3) is 5.56 Å². The normalized spacial score (nSPS) is 18.2. The fourth-order valence-corrected chi connectivity index (χ4v) is 4.10. The molecule has 1 atom stereocenters. The molecule has 0 saturated carbocycles. The quantitative estimate of drug-likeness (QED) is 0.711. The first-order valence-electron chi connectivity index (χ1n) is 8.48. The van der Waals surface area contributed by atoms with Gasteiger partial charge < -0.3 is 19.3 Å². The summed E-state index contributed by atoms with van der Waals surface area (Å²) in [5.41, 5.74) is -0.465. The number of halogens is 2. The van der Waals surface area contributed by atoms with Crippen LogP contribution in [0.3, 0.4) is 0 Å². The van der Waals surface area contributed by atoms with Gasteiger partial charge in [-0.3, -0.25) is 9.59 Å². The van der Waals surface area contributed by atoms with Crippen LogP contribution in [0.2, 0.25) is 5.02 Å². The van der Waals surface area contributed by atoms with Crippen molar-refractivity contribution in [2.75, 3.05) is 24.5 Å². The molecule has 1 saturated heterocycles. The molecule has 7 nitrogen and oxygen atoms in total. The molecule has 0 bridgehead atoms. The highest BCUT2D eigenvalue weighted by Gasteiger charge is 2.26. The first-order chi connectivity index (χ1) is 12.4. The van der Waals surface area contributed by atoms with Crippen LogP contribution in [0.1, 0.15) is 13.8 Å². The molecule has 1 aromatic carbocycles. The number of benzene rings is 1. The molecule has 26 heavy (non-hydrogen) atoms. The molecule has 2 N–H and O–H groups in total. The van der Waals surface area contributed by atoms with Gasteiger partial charge in [-0.2, -0.15) is 5.16 Å². The van der Waals surface area contributed by atoms with Crippen LogP contribution in [0.5, 0.6) is 0 Å². The van der Waals surface area contributed by atoms with E-state index in [1.807, 2.05) is 18.7 Å². The molecule has 138 valence electrons. The summed E-state index contributed by atoms with van der Waals surface area (Å²) in [6, 6.07) is 1.36. The van der Waals surface area contributed by atoms with E-state index < -0.39 is 16.8 Å². The summed E-state index contributed by atoms with van der Waals surface area (Å²) < 4.78 is 21.8. The van der Waals surface area contributed by atoms with Gasteiger partial charge in [-0.1, -0.05) is 11.6 Å². The van der Waals surface area contributed by atoms with Crippen molar-refractivity contribution in [1.82, 2.24) is 15.0 Å². The second kappa shape index (κ2) is 6.14. The number of hydrogen-bond donors (Lipinski definition) is 2. The molecule has 3 heterocycles. The maximum absolute atomic E-state index is 14.9. The van der Waals surface area contributed by atoms with Crippen LogP contribution in [-0.2, 0) is 6.54 Å². The minimum Gasteiger partial charge on any atom is -0.365 e. The third kappa shape index (κ3) is 2.36. The molecule has 2 aromatic heterocycles. The number of aryl methyl sites for hydroxylation is 1. The number of fused-ring (bicyclic) bond motifs is 2.